The van der Waals surface area contributed by atoms with Gasteiger partial charge in [0.2, 0.25) is 0 Å². The molecule has 1 aromatic carbocycles. The molecule has 0 spiro atoms. The van der Waals surface area contributed by atoms with Crippen molar-refractivity contribution in [2.24, 2.45) is 0 Å². The van der Waals surface area contributed by atoms with Gasteiger partial charge in [-0.1, -0.05) is 17.7 Å². The van der Waals surface area contributed by atoms with Crippen LogP contribution in [0, 0.1) is 6.92 Å². The van der Waals surface area contributed by atoms with E-state index in [0.29, 0.717) is 12.1 Å². The van der Waals surface area contributed by atoms with Crippen LogP contribution in [0.15, 0.2) is 24.3 Å². The molecule has 0 radical (unpaired) electrons. The molecule has 1 saturated heterocycles. The third kappa shape index (κ3) is 4.56. The molecule has 0 aliphatic carbocycles. The van der Waals surface area contributed by atoms with Crippen molar-refractivity contribution >= 4 is 11.9 Å². The Labute approximate surface area is 124 Å². The van der Waals surface area contributed by atoms with Crippen LogP contribution in [0.1, 0.15) is 35.2 Å². The van der Waals surface area contributed by atoms with Crippen molar-refractivity contribution in [1.82, 2.24) is 4.90 Å². The lowest BCUT2D eigenvalue weighted by atomic mass is 10.1. The lowest BCUT2D eigenvalue weighted by Gasteiger charge is -2.25. The van der Waals surface area contributed by atoms with Crippen LogP contribution in [-0.4, -0.2) is 47.7 Å². The Balaban J connectivity index is 2.08. The summed E-state index contributed by atoms with van der Waals surface area (Å²) in [5, 5.41) is 8.85. The molecule has 1 unspecified atom stereocenters. The molecular formula is C16H21NO4. The smallest absolute Gasteiger partial charge is 0.305 e. The molecule has 21 heavy (non-hydrogen) atoms. The Morgan fingerprint density at radius 3 is 2.86 bits per heavy atom. The third-order valence-electron chi connectivity index (χ3n) is 3.60. The Morgan fingerprint density at radius 2 is 2.24 bits per heavy atom. The van der Waals surface area contributed by atoms with Crippen LogP contribution in [0.3, 0.4) is 0 Å². The molecule has 0 saturated carbocycles. The van der Waals surface area contributed by atoms with Gasteiger partial charge in [-0.15, -0.1) is 0 Å². The summed E-state index contributed by atoms with van der Waals surface area (Å²) in [6.07, 6.45) is 1.89. The fourth-order valence-corrected chi connectivity index (χ4v) is 2.50. The number of hydrogen-bond acceptors (Lipinski definition) is 3. The number of carboxylic acids is 1. The number of aryl methyl sites for hydroxylation is 1. The number of carbonyl (C=O) groups is 2. The molecule has 0 bridgehead atoms. The van der Waals surface area contributed by atoms with E-state index in [1.54, 1.807) is 11.0 Å². The zero-order chi connectivity index (χ0) is 15.2. The van der Waals surface area contributed by atoms with E-state index in [1.165, 1.54) is 0 Å². The van der Waals surface area contributed by atoms with Gasteiger partial charge in [-0.05, 0) is 31.9 Å². The molecule has 1 aromatic rings. The molecule has 1 atom stereocenters. The standard InChI is InChI=1S/C16H21NO4/c1-12-4-2-5-13(10-12)16(20)17(8-7-15(18)19)11-14-6-3-9-21-14/h2,4-5,10,14H,3,6-9,11H2,1H3,(H,18,19). The van der Waals surface area contributed by atoms with Crippen LogP contribution in [0.4, 0.5) is 0 Å². The lowest BCUT2D eigenvalue weighted by Crippen LogP contribution is -2.38. The molecule has 2 rings (SSSR count). The predicted octanol–water partition coefficient (Wildman–Crippen LogP) is 2.09. The van der Waals surface area contributed by atoms with E-state index < -0.39 is 5.97 Å². The Bertz CT molecular complexity index is 509. The van der Waals surface area contributed by atoms with E-state index in [2.05, 4.69) is 0 Å². The van der Waals surface area contributed by atoms with Crippen LogP contribution < -0.4 is 0 Å². The first kappa shape index (κ1) is 15.5. The first-order valence-electron chi connectivity index (χ1n) is 7.25. The highest BCUT2D eigenvalue weighted by atomic mass is 16.5. The first-order chi connectivity index (χ1) is 10.1. The topological polar surface area (TPSA) is 66.8 Å². The third-order valence-corrected chi connectivity index (χ3v) is 3.60. The second-order valence-electron chi connectivity index (χ2n) is 5.40. The van der Waals surface area contributed by atoms with Crippen molar-refractivity contribution in [3.05, 3.63) is 35.4 Å². The highest BCUT2D eigenvalue weighted by molar-refractivity contribution is 5.94. The molecule has 5 nitrogen and oxygen atoms in total. The van der Waals surface area contributed by atoms with Gasteiger partial charge in [-0.25, -0.2) is 0 Å². The minimum absolute atomic E-state index is 0.0209. The monoisotopic (exact) mass is 291 g/mol. The Hall–Kier alpha value is -1.88. The van der Waals surface area contributed by atoms with E-state index in [0.717, 1.165) is 25.0 Å². The fraction of sp³-hybridized carbons (Fsp3) is 0.500. The van der Waals surface area contributed by atoms with E-state index in [1.807, 2.05) is 25.1 Å². The minimum Gasteiger partial charge on any atom is -0.481 e. The van der Waals surface area contributed by atoms with Gasteiger partial charge < -0.3 is 14.7 Å². The Morgan fingerprint density at radius 1 is 1.43 bits per heavy atom. The fourth-order valence-electron chi connectivity index (χ4n) is 2.50. The lowest BCUT2D eigenvalue weighted by molar-refractivity contribution is -0.137. The van der Waals surface area contributed by atoms with Gasteiger partial charge in [0.05, 0.1) is 12.5 Å². The molecule has 1 aliphatic rings. The average molecular weight is 291 g/mol. The summed E-state index contributed by atoms with van der Waals surface area (Å²) in [5.74, 6) is -1.03. The maximum atomic E-state index is 12.6. The number of hydrogen-bond donors (Lipinski definition) is 1. The summed E-state index contributed by atoms with van der Waals surface area (Å²) >= 11 is 0. The molecular weight excluding hydrogens is 270 g/mol. The number of rotatable bonds is 6. The predicted molar refractivity (Wildman–Crippen MR) is 78.3 cm³/mol. The molecule has 1 amide bonds. The number of benzene rings is 1. The molecule has 5 heteroatoms. The molecule has 1 fully saturated rings. The highest BCUT2D eigenvalue weighted by Crippen LogP contribution is 2.16. The first-order valence-corrected chi connectivity index (χ1v) is 7.25. The van der Waals surface area contributed by atoms with Gasteiger partial charge in [0.15, 0.2) is 0 Å². The number of aliphatic carboxylic acids is 1. The van der Waals surface area contributed by atoms with Gasteiger partial charge in [-0.3, -0.25) is 9.59 Å². The molecule has 1 aliphatic heterocycles. The summed E-state index contributed by atoms with van der Waals surface area (Å²) in [6.45, 7) is 3.32. The SMILES string of the molecule is Cc1cccc(C(=O)N(CCC(=O)O)CC2CCCO2)c1. The molecule has 114 valence electrons. The average Bonchev–Trinajstić information content (AvgIpc) is 2.95. The zero-order valence-corrected chi connectivity index (χ0v) is 12.2. The highest BCUT2D eigenvalue weighted by Gasteiger charge is 2.23. The number of ether oxygens (including phenoxy) is 1. The summed E-state index contributed by atoms with van der Waals surface area (Å²) in [5.41, 5.74) is 1.61. The largest absolute Gasteiger partial charge is 0.481 e. The van der Waals surface area contributed by atoms with Crippen molar-refractivity contribution in [1.29, 1.82) is 0 Å². The maximum absolute atomic E-state index is 12.6. The number of carbonyl (C=O) groups excluding carboxylic acids is 1. The van der Waals surface area contributed by atoms with E-state index in [4.69, 9.17) is 9.84 Å². The second kappa shape index (κ2) is 7.22. The van der Waals surface area contributed by atoms with Crippen LogP contribution >= 0.6 is 0 Å². The summed E-state index contributed by atoms with van der Waals surface area (Å²) < 4.78 is 5.56. The van der Waals surface area contributed by atoms with Crippen LogP contribution in [0.25, 0.3) is 0 Å². The van der Waals surface area contributed by atoms with E-state index in [-0.39, 0.29) is 25.0 Å². The van der Waals surface area contributed by atoms with Gasteiger partial charge in [0.1, 0.15) is 0 Å². The molecule has 0 aromatic heterocycles. The van der Waals surface area contributed by atoms with Crippen molar-refractivity contribution < 1.29 is 19.4 Å². The van der Waals surface area contributed by atoms with Gasteiger partial charge >= 0.3 is 5.97 Å². The minimum atomic E-state index is -0.899. The van der Waals surface area contributed by atoms with Crippen molar-refractivity contribution in [2.45, 2.75) is 32.3 Å². The number of amides is 1. The summed E-state index contributed by atoms with van der Waals surface area (Å²) in [6, 6.07) is 7.35. The van der Waals surface area contributed by atoms with E-state index >= 15 is 0 Å². The van der Waals surface area contributed by atoms with E-state index in [9.17, 15) is 9.59 Å². The number of carboxylic acid groups (broad SMARTS) is 1. The van der Waals surface area contributed by atoms with Crippen LogP contribution in [0.5, 0.6) is 0 Å². The Kier molecular flexibility index (Phi) is 5.33. The van der Waals surface area contributed by atoms with Gasteiger partial charge in [0.25, 0.3) is 5.91 Å². The van der Waals surface area contributed by atoms with Crippen LogP contribution in [-0.2, 0) is 9.53 Å². The second-order valence-corrected chi connectivity index (χ2v) is 5.40. The molecule has 1 N–H and O–H groups in total. The zero-order valence-electron chi connectivity index (χ0n) is 12.2. The summed E-state index contributed by atoms with van der Waals surface area (Å²) in [4.78, 5) is 25.0. The number of nitrogens with zero attached hydrogens (tertiary/aromatic N) is 1. The normalized spacial score (nSPS) is 17.7. The van der Waals surface area contributed by atoms with Gasteiger partial charge in [-0.2, -0.15) is 0 Å². The quantitative estimate of drug-likeness (QED) is 0.871. The molecule has 1 heterocycles. The van der Waals surface area contributed by atoms with Crippen molar-refractivity contribution in [2.75, 3.05) is 19.7 Å². The maximum Gasteiger partial charge on any atom is 0.305 e. The van der Waals surface area contributed by atoms with Crippen LogP contribution in [0.2, 0.25) is 0 Å². The van der Waals surface area contributed by atoms with Crippen molar-refractivity contribution in [3.8, 4) is 0 Å². The van der Waals surface area contributed by atoms with Gasteiger partial charge in [0, 0.05) is 25.3 Å². The van der Waals surface area contributed by atoms with Crippen molar-refractivity contribution in [3.63, 3.8) is 0 Å². The summed E-state index contributed by atoms with van der Waals surface area (Å²) in [7, 11) is 0.